The summed E-state index contributed by atoms with van der Waals surface area (Å²) >= 11 is 1.41. The monoisotopic (exact) mass is 492 g/mol. The number of pyridine rings is 1. The predicted molar refractivity (Wildman–Crippen MR) is 148 cm³/mol. The highest BCUT2D eigenvalue weighted by atomic mass is 32.2. The molecule has 6 heteroatoms. The van der Waals surface area contributed by atoms with Crippen molar-refractivity contribution in [2.45, 2.75) is 38.0 Å². The van der Waals surface area contributed by atoms with E-state index in [1.807, 2.05) is 43.5 Å². The summed E-state index contributed by atoms with van der Waals surface area (Å²) in [6.45, 7) is 12.5. The van der Waals surface area contributed by atoms with Crippen LogP contribution in [0, 0.1) is 18.3 Å². The lowest BCUT2D eigenvalue weighted by molar-refractivity contribution is 0.315. The summed E-state index contributed by atoms with van der Waals surface area (Å²) in [5, 5.41) is 20.8. The summed E-state index contributed by atoms with van der Waals surface area (Å²) in [6.07, 6.45) is 6.23. The van der Waals surface area contributed by atoms with Crippen molar-refractivity contribution in [1.29, 1.82) is 5.26 Å². The first kappa shape index (κ1) is 25.0. The molecule has 3 aromatic rings. The van der Waals surface area contributed by atoms with Crippen LogP contribution in [0.4, 0.5) is 0 Å². The van der Waals surface area contributed by atoms with Gasteiger partial charge in [0.25, 0.3) is 0 Å². The number of aliphatic hydroxyl groups is 1. The maximum absolute atomic E-state index is 11.5. The lowest BCUT2D eigenvalue weighted by Crippen LogP contribution is -2.32. The molecule has 0 aliphatic carbocycles. The van der Waals surface area contributed by atoms with Gasteiger partial charge in [-0.1, -0.05) is 62.5 Å². The summed E-state index contributed by atoms with van der Waals surface area (Å²) in [5.41, 5.74) is 5.72. The maximum Gasteiger partial charge on any atom is 0.213 e. The van der Waals surface area contributed by atoms with Crippen molar-refractivity contribution in [3.63, 3.8) is 0 Å². The van der Waals surface area contributed by atoms with Crippen LogP contribution >= 0.6 is 11.8 Å². The van der Waals surface area contributed by atoms with Gasteiger partial charge < -0.3 is 5.11 Å². The molecule has 0 saturated heterocycles. The molecule has 180 valence electrons. The number of aryl methyl sites for hydroxylation is 1. The third-order valence-corrected chi connectivity index (χ3v) is 7.08. The Labute approximate surface area is 216 Å². The van der Waals surface area contributed by atoms with Crippen molar-refractivity contribution in [3.8, 4) is 17.2 Å². The molecule has 1 N–H and O–H groups in total. The van der Waals surface area contributed by atoms with Crippen LogP contribution in [0.1, 0.15) is 42.9 Å². The van der Waals surface area contributed by atoms with E-state index in [4.69, 9.17) is 4.99 Å². The molecule has 0 atom stereocenters. The van der Waals surface area contributed by atoms with Gasteiger partial charge >= 0.3 is 0 Å². The average molecular weight is 493 g/mol. The van der Waals surface area contributed by atoms with E-state index in [1.165, 1.54) is 11.8 Å². The molecule has 5 nitrogen and oxygen atoms in total. The Bertz CT molecular complexity index is 1410. The zero-order valence-corrected chi connectivity index (χ0v) is 21.3. The molecule has 1 aliphatic heterocycles. The third-order valence-electron chi connectivity index (χ3n) is 5.95. The zero-order valence-electron chi connectivity index (χ0n) is 20.5. The minimum absolute atomic E-state index is 0.0486. The fraction of sp³-hybridized carbons (Fsp3) is 0.167. The van der Waals surface area contributed by atoms with Crippen LogP contribution in [0.25, 0.3) is 16.8 Å². The summed E-state index contributed by atoms with van der Waals surface area (Å²) in [5.74, 6) is 0.743. The number of thioether (sulfide) groups is 1. The van der Waals surface area contributed by atoms with Crippen molar-refractivity contribution < 1.29 is 5.11 Å². The molecule has 1 aliphatic rings. The van der Waals surface area contributed by atoms with Gasteiger partial charge in [-0.2, -0.15) is 5.26 Å². The maximum atomic E-state index is 11.5. The number of hydrogen-bond acceptors (Lipinski definition) is 6. The fourth-order valence-electron chi connectivity index (χ4n) is 4.02. The number of amidine groups is 1. The van der Waals surface area contributed by atoms with E-state index < -0.39 is 0 Å². The Morgan fingerprint density at radius 1 is 1.17 bits per heavy atom. The Morgan fingerprint density at radius 2 is 1.94 bits per heavy atom. The molecule has 36 heavy (non-hydrogen) atoms. The van der Waals surface area contributed by atoms with Gasteiger partial charge in [0.1, 0.15) is 5.84 Å². The van der Waals surface area contributed by atoms with Crippen LogP contribution in [0.2, 0.25) is 0 Å². The SMILES string of the molecule is C=C1N=C(CCCC)N(C(=C)c2cccc(C#N)c2)C(O)=C1Sc1ccc(-c2ccncc2C)cc1. The molecule has 0 fully saturated rings. The van der Waals surface area contributed by atoms with Gasteiger partial charge in [0, 0.05) is 23.7 Å². The predicted octanol–water partition coefficient (Wildman–Crippen LogP) is 7.84. The average Bonchev–Trinajstić information content (AvgIpc) is 2.90. The van der Waals surface area contributed by atoms with Gasteiger partial charge in [-0.25, -0.2) is 4.99 Å². The molecule has 4 rings (SSSR count). The standard InChI is InChI=1S/C30H28N4OS/c1-5-6-10-28-33-21(3)29(30(35)34(28)22(4)25-9-7-8-23(17-25)18-31)36-26-13-11-24(12-14-26)27-15-16-32-19-20(27)2/h7-9,11-17,19,35H,3-6,10H2,1-2H3. The molecular weight excluding hydrogens is 464 g/mol. The number of aliphatic hydroxyl groups excluding tert-OH is 1. The largest absolute Gasteiger partial charge is 0.493 e. The minimum atomic E-state index is 0.0486. The van der Waals surface area contributed by atoms with Crippen LogP contribution in [0.5, 0.6) is 0 Å². The van der Waals surface area contributed by atoms with Gasteiger partial charge in [-0.05, 0) is 65.9 Å². The molecule has 1 aromatic heterocycles. The van der Waals surface area contributed by atoms with Crippen molar-refractivity contribution >= 4 is 23.3 Å². The third kappa shape index (κ3) is 5.27. The highest BCUT2D eigenvalue weighted by molar-refractivity contribution is 8.03. The van der Waals surface area contributed by atoms with E-state index in [1.54, 1.807) is 23.2 Å². The van der Waals surface area contributed by atoms with Gasteiger partial charge in [0.2, 0.25) is 5.88 Å². The van der Waals surface area contributed by atoms with Crippen LogP contribution in [-0.2, 0) is 0 Å². The second kappa shape index (κ2) is 11.1. The first-order valence-electron chi connectivity index (χ1n) is 11.8. The Morgan fingerprint density at radius 3 is 2.64 bits per heavy atom. The highest BCUT2D eigenvalue weighted by Crippen LogP contribution is 2.40. The molecular formula is C30H28N4OS. The summed E-state index contributed by atoms with van der Waals surface area (Å²) in [4.78, 5) is 12.2. The molecule has 0 unspecified atom stereocenters. The number of nitrogens with zero attached hydrogens (tertiary/aromatic N) is 4. The van der Waals surface area contributed by atoms with Crippen LogP contribution < -0.4 is 0 Å². The smallest absolute Gasteiger partial charge is 0.213 e. The molecule has 2 aromatic carbocycles. The van der Waals surface area contributed by atoms with Crippen LogP contribution in [0.15, 0.2) is 107 Å². The normalized spacial score (nSPS) is 13.4. The first-order chi connectivity index (χ1) is 17.4. The molecule has 0 radical (unpaired) electrons. The van der Waals surface area contributed by atoms with Gasteiger partial charge in [-0.3, -0.25) is 9.88 Å². The molecule has 2 heterocycles. The minimum Gasteiger partial charge on any atom is -0.493 e. The molecule has 0 amide bonds. The number of unbranched alkanes of at least 4 members (excludes halogenated alkanes) is 1. The number of aliphatic imine (C=N–C) groups is 1. The fourth-order valence-corrected chi connectivity index (χ4v) is 4.87. The lowest BCUT2D eigenvalue weighted by atomic mass is 10.0. The zero-order chi connectivity index (χ0) is 25.7. The van der Waals surface area contributed by atoms with Gasteiger partial charge in [0.05, 0.1) is 27.9 Å². The van der Waals surface area contributed by atoms with E-state index in [9.17, 15) is 10.4 Å². The topological polar surface area (TPSA) is 72.5 Å². The molecule has 0 saturated carbocycles. The molecule has 0 spiro atoms. The Kier molecular flexibility index (Phi) is 7.72. The van der Waals surface area contributed by atoms with E-state index in [2.05, 4.69) is 43.3 Å². The van der Waals surface area contributed by atoms with E-state index >= 15 is 0 Å². The van der Waals surface area contributed by atoms with Crippen molar-refractivity contribution in [1.82, 2.24) is 9.88 Å². The number of hydrogen-bond donors (Lipinski definition) is 1. The summed E-state index contributed by atoms with van der Waals surface area (Å²) < 4.78 is 0. The van der Waals surface area contributed by atoms with Gasteiger partial charge in [-0.15, -0.1) is 0 Å². The van der Waals surface area contributed by atoms with Crippen LogP contribution in [-0.4, -0.2) is 20.8 Å². The number of benzene rings is 2. The van der Waals surface area contributed by atoms with E-state index in [0.29, 0.717) is 34.1 Å². The van der Waals surface area contributed by atoms with Crippen molar-refractivity contribution in [2.24, 2.45) is 4.99 Å². The Hall–Kier alpha value is -4.08. The quantitative estimate of drug-likeness (QED) is 0.347. The number of rotatable bonds is 8. The number of nitriles is 1. The van der Waals surface area contributed by atoms with Crippen molar-refractivity contribution in [3.05, 3.63) is 113 Å². The van der Waals surface area contributed by atoms with Crippen molar-refractivity contribution in [2.75, 3.05) is 0 Å². The van der Waals surface area contributed by atoms with E-state index in [0.717, 1.165) is 40.0 Å². The molecule has 0 bridgehead atoms. The second-order valence-electron chi connectivity index (χ2n) is 8.52. The van der Waals surface area contributed by atoms with E-state index in [-0.39, 0.29) is 5.88 Å². The van der Waals surface area contributed by atoms with Crippen LogP contribution in [0.3, 0.4) is 0 Å². The number of aromatic nitrogens is 1. The summed E-state index contributed by atoms with van der Waals surface area (Å²) in [6, 6.07) is 19.6. The highest BCUT2D eigenvalue weighted by Gasteiger charge is 2.29. The Balaban J connectivity index is 1.66. The summed E-state index contributed by atoms with van der Waals surface area (Å²) in [7, 11) is 0. The lowest BCUT2D eigenvalue weighted by Gasteiger charge is -2.32. The first-order valence-corrected chi connectivity index (χ1v) is 12.6. The van der Waals surface area contributed by atoms with Gasteiger partial charge in [0.15, 0.2) is 0 Å². The second-order valence-corrected chi connectivity index (χ2v) is 9.61.